The summed E-state index contributed by atoms with van der Waals surface area (Å²) in [6.07, 6.45) is 3.69. The van der Waals surface area contributed by atoms with Crippen LogP contribution in [0, 0.1) is 5.82 Å². The highest BCUT2D eigenvalue weighted by Gasteiger charge is 2.37. The van der Waals surface area contributed by atoms with Gasteiger partial charge >= 0.3 is 0 Å². The Bertz CT molecular complexity index is 702. The molecule has 2 aliphatic rings. The van der Waals surface area contributed by atoms with Crippen LogP contribution in [0.25, 0.3) is 0 Å². The van der Waals surface area contributed by atoms with Crippen LogP contribution in [0.2, 0.25) is 5.02 Å². The summed E-state index contributed by atoms with van der Waals surface area (Å²) < 4.78 is 42.0. The van der Waals surface area contributed by atoms with Crippen molar-refractivity contribution < 1.29 is 13.2 Å². The summed E-state index contributed by atoms with van der Waals surface area (Å²) in [4.78, 5) is 2.17. The van der Waals surface area contributed by atoms with E-state index in [2.05, 4.69) is 24.1 Å². The van der Waals surface area contributed by atoms with Crippen molar-refractivity contribution in [3.05, 3.63) is 58.4 Å². The predicted molar refractivity (Wildman–Crippen MR) is 94.6 cm³/mol. The molecule has 0 aromatic heterocycles. The molecule has 1 N–H and O–H groups in total. The lowest BCUT2D eigenvalue weighted by molar-refractivity contribution is 0.0429. The number of hydrogen-bond acceptors (Lipinski definition) is 2. The number of hydrogen-bond donors (Lipinski definition) is 1. The van der Waals surface area contributed by atoms with Gasteiger partial charge in [-0.1, -0.05) is 29.8 Å². The number of halogens is 4. The molecular formula is C19H22ClF3N2. The molecule has 1 heterocycles. The fourth-order valence-electron chi connectivity index (χ4n) is 3.60. The smallest absolute Gasteiger partial charge is 0.270 e. The lowest BCUT2D eigenvalue weighted by Crippen LogP contribution is -2.55. The Hall–Kier alpha value is -1.30. The second-order valence-electron chi connectivity index (χ2n) is 6.97. The molecule has 1 aromatic rings. The summed E-state index contributed by atoms with van der Waals surface area (Å²) in [6.45, 7) is 5.56. The van der Waals surface area contributed by atoms with Crippen molar-refractivity contribution in [2.45, 2.75) is 44.3 Å². The second-order valence-corrected chi connectivity index (χ2v) is 7.38. The Labute approximate surface area is 151 Å². The lowest BCUT2D eigenvalue weighted by atomic mass is 9.88. The van der Waals surface area contributed by atoms with Gasteiger partial charge in [0.15, 0.2) is 0 Å². The predicted octanol–water partition coefficient (Wildman–Crippen LogP) is 4.72. The van der Waals surface area contributed by atoms with Gasteiger partial charge in [-0.25, -0.2) is 13.2 Å². The van der Waals surface area contributed by atoms with Crippen LogP contribution < -0.4 is 5.32 Å². The molecule has 2 nitrogen and oxygen atoms in total. The zero-order valence-corrected chi connectivity index (χ0v) is 15.0. The van der Waals surface area contributed by atoms with Crippen molar-refractivity contribution in [2.75, 3.05) is 13.1 Å². The number of alkyl halides is 2. The van der Waals surface area contributed by atoms with Crippen molar-refractivity contribution in [1.82, 2.24) is 10.2 Å². The van der Waals surface area contributed by atoms with E-state index in [1.807, 2.05) is 0 Å². The fourth-order valence-corrected chi connectivity index (χ4v) is 3.72. The summed E-state index contributed by atoms with van der Waals surface area (Å²) >= 11 is 5.81. The SMILES string of the molecule is C[C@@H]1CN[C@@H](C)CN1C(C1=CC=CC(F)(F)C1)c1ccc(Cl)c(F)c1. The van der Waals surface area contributed by atoms with Gasteiger partial charge in [-0.3, -0.25) is 4.90 Å². The molecule has 1 aromatic carbocycles. The minimum Gasteiger partial charge on any atom is -0.311 e. The van der Waals surface area contributed by atoms with Gasteiger partial charge < -0.3 is 5.32 Å². The standard InChI is InChI=1S/C19H22ClF3N2/c1-12-11-25(13(2)10-24-12)18(14-5-6-16(20)17(21)8-14)15-4-3-7-19(22,23)9-15/h3-8,12-13,18,24H,9-11H2,1-2H3/t12-,13+,18?/m0/s1. The number of rotatable bonds is 3. The Morgan fingerprint density at radius 2 is 2.08 bits per heavy atom. The van der Waals surface area contributed by atoms with Crippen LogP contribution in [0.15, 0.2) is 42.0 Å². The third-order valence-electron chi connectivity index (χ3n) is 4.84. The van der Waals surface area contributed by atoms with Crippen molar-refractivity contribution in [1.29, 1.82) is 0 Å². The highest BCUT2D eigenvalue weighted by atomic mass is 35.5. The van der Waals surface area contributed by atoms with E-state index in [1.54, 1.807) is 12.1 Å². The normalized spacial score (nSPS) is 27.8. The molecule has 6 heteroatoms. The van der Waals surface area contributed by atoms with Gasteiger partial charge in [0.2, 0.25) is 0 Å². The van der Waals surface area contributed by atoms with E-state index in [0.29, 0.717) is 17.7 Å². The van der Waals surface area contributed by atoms with Gasteiger partial charge in [-0.05, 0) is 43.2 Å². The highest BCUT2D eigenvalue weighted by Crippen LogP contribution is 2.40. The quantitative estimate of drug-likeness (QED) is 0.827. The molecule has 1 saturated heterocycles. The Morgan fingerprint density at radius 3 is 2.76 bits per heavy atom. The third kappa shape index (κ3) is 4.10. The molecule has 1 fully saturated rings. The van der Waals surface area contributed by atoms with Gasteiger partial charge in [-0.2, -0.15) is 0 Å². The van der Waals surface area contributed by atoms with Crippen molar-refractivity contribution >= 4 is 11.6 Å². The maximum atomic E-state index is 14.1. The van der Waals surface area contributed by atoms with Crippen molar-refractivity contribution in [3.8, 4) is 0 Å². The average Bonchev–Trinajstić information content (AvgIpc) is 2.53. The van der Waals surface area contributed by atoms with Crippen LogP contribution >= 0.6 is 11.6 Å². The van der Waals surface area contributed by atoms with E-state index in [-0.39, 0.29) is 23.5 Å². The molecule has 3 atom stereocenters. The summed E-state index contributed by atoms with van der Waals surface area (Å²) in [5.41, 5.74) is 1.25. The van der Waals surface area contributed by atoms with Crippen LogP contribution in [0.3, 0.4) is 0 Å². The van der Waals surface area contributed by atoms with Crippen LogP contribution in [0.1, 0.15) is 31.9 Å². The van der Waals surface area contributed by atoms with E-state index in [9.17, 15) is 13.2 Å². The molecule has 1 aliphatic carbocycles. The largest absolute Gasteiger partial charge is 0.311 e. The second kappa shape index (κ2) is 7.14. The first kappa shape index (κ1) is 18.5. The molecule has 1 aliphatic heterocycles. The van der Waals surface area contributed by atoms with Crippen molar-refractivity contribution in [3.63, 3.8) is 0 Å². The molecule has 25 heavy (non-hydrogen) atoms. The van der Waals surface area contributed by atoms with Crippen LogP contribution in [0.4, 0.5) is 13.2 Å². The number of piperazine rings is 1. The maximum absolute atomic E-state index is 14.1. The Balaban J connectivity index is 2.03. The monoisotopic (exact) mass is 370 g/mol. The van der Waals surface area contributed by atoms with Crippen LogP contribution in [0.5, 0.6) is 0 Å². The first-order valence-electron chi connectivity index (χ1n) is 8.47. The third-order valence-corrected chi connectivity index (χ3v) is 5.15. The van der Waals surface area contributed by atoms with Crippen LogP contribution in [-0.4, -0.2) is 36.0 Å². The number of nitrogens with one attached hydrogen (secondary N) is 1. The topological polar surface area (TPSA) is 15.3 Å². The number of benzene rings is 1. The van der Waals surface area contributed by atoms with Gasteiger partial charge in [0, 0.05) is 31.6 Å². The molecule has 0 spiro atoms. The molecule has 0 amide bonds. The minimum absolute atomic E-state index is 0.0343. The zero-order chi connectivity index (χ0) is 18.2. The van der Waals surface area contributed by atoms with Crippen LogP contribution in [-0.2, 0) is 0 Å². The minimum atomic E-state index is -2.88. The van der Waals surface area contributed by atoms with E-state index in [1.165, 1.54) is 18.2 Å². The Kier molecular flexibility index (Phi) is 5.28. The fraction of sp³-hybridized carbons (Fsp3) is 0.474. The molecule has 1 unspecified atom stereocenters. The van der Waals surface area contributed by atoms with E-state index in [4.69, 9.17) is 11.6 Å². The van der Waals surface area contributed by atoms with Gasteiger partial charge in [0.25, 0.3) is 5.92 Å². The molecular weight excluding hydrogens is 349 g/mol. The highest BCUT2D eigenvalue weighted by molar-refractivity contribution is 6.30. The Morgan fingerprint density at radius 1 is 1.32 bits per heavy atom. The lowest BCUT2D eigenvalue weighted by Gasteiger charge is -2.44. The van der Waals surface area contributed by atoms with Gasteiger partial charge in [-0.15, -0.1) is 0 Å². The first-order chi connectivity index (χ1) is 11.8. The molecule has 3 rings (SSSR count). The molecule has 136 valence electrons. The summed E-state index contributed by atoms with van der Waals surface area (Å²) in [7, 11) is 0. The molecule has 0 saturated carbocycles. The summed E-state index contributed by atoms with van der Waals surface area (Å²) in [5.74, 6) is -3.41. The van der Waals surface area contributed by atoms with E-state index in [0.717, 1.165) is 12.6 Å². The van der Waals surface area contributed by atoms with Gasteiger partial charge in [0.1, 0.15) is 5.82 Å². The summed E-state index contributed by atoms with van der Waals surface area (Å²) in [6, 6.07) is 4.56. The number of allylic oxidation sites excluding steroid dienone is 3. The molecule has 0 radical (unpaired) electrons. The maximum Gasteiger partial charge on any atom is 0.270 e. The van der Waals surface area contributed by atoms with Crippen molar-refractivity contribution in [2.24, 2.45) is 0 Å². The summed E-state index contributed by atoms with van der Waals surface area (Å²) in [5, 5.41) is 3.42. The first-order valence-corrected chi connectivity index (χ1v) is 8.85. The number of nitrogens with zero attached hydrogens (tertiary/aromatic N) is 1. The van der Waals surface area contributed by atoms with Gasteiger partial charge in [0.05, 0.1) is 11.1 Å². The van der Waals surface area contributed by atoms with E-state index >= 15 is 0 Å². The average molecular weight is 371 g/mol. The van der Waals surface area contributed by atoms with E-state index < -0.39 is 17.8 Å². The zero-order valence-electron chi connectivity index (χ0n) is 14.3. The molecule has 0 bridgehead atoms.